The minimum atomic E-state index is 0.110. The van der Waals surface area contributed by atoms with Crippen LogP contribution in [0.2, 0.25) is 0 Å². The third-order valence-electron chi connectivity index (χ3n) is 3.13. The maximum atomic E-state index is 11.4. The van der Waals surface area contributed by atoms with Crippen molar-refractivity contribution in [3.05, 3.63) is 29.6 Å². The predicted molar refractivity (Wildman–Crippen MR) is 58.4 cm³/mol. The summed E-state index contributed by atoms with van der Waals surface area (Å²) in [6.45, 7) is 1.61. The van der Waals surface area contributed by atoms with E-state index in [1.807, 2.05) is 19.3 Å². The van der Waals surface area contributed by atoms with E-state index in [-0.39, 0.29) is 11.9 Å². The fraction of sp³-hybridized carbons (Fsp3) is 0.500. The molecule has 0 spiro atoms. The van der Waals surface area contributed by atoms with Crippen molar-refractivity contribution in [3.63, 3.8) is 0 Å². The molecule has 0 N–H and O–H groups in total. The van der Waals surface area contributed by atoms with Crippen LogP contribution in [0.15, 0.2) is 18.3 Å². The summed E-state index contributed by atoms with van der Waals surface area (Å²) in [5.74, 6) is 0.110. The average molecular weight is 204 g/mol. The van der Waals surface area contributed by atoms with Gasteiger partial charge in [-0.2, -0.15) is 0 Å². The highest BCUT2D eigenvalue weighted by molar-refractivity contribution is 5.73. The third-order valence-corrected chi connectivity index (χ3v) is 3.13. The summed E-state index contributed by atoms with van der Waals surface area (Å²) in [7, 11) is 1.86. The molecule has 1 aliphatic rings. The van der Waals surface area contributed by atoms with Gasteiger partial charge in [0.15, 0.2) is 0 Å². The van der Waals surface area contributed by atoms with Crippen LogP contribution in [0.4, 0.5) is 0 Å². The summed E-state index contributed by atoms with van der Waals surface area (Å²) >= 11 is 0. The number of rotatable bonds is 1. The highest BCUT2D eigenvalue weighted by Gasteiger charge is 2.25. The SMILES string of the molecule is CC(=O)N(C)[C@@H]1CCCc2cccnc21. The minimum absolute atomic E-state index is 0.110. The van der Waals surface area contributed by atoms with Crippen LogP contribution in [0.25, 0.3) is 0 Å². The van der Waals surface area contributed by atoms with Crippen molar-refractivity contribution in [3.8, 4) is 0 Å². The molecule has 1 aromatic heterocycles. The molecule has 2 rings (SSSR count). The molecular formula is C12H16N2O. The fourth-order valence-electron chi connectivity index (χ4n) is 2.18. The van der Waals surface area contributed by atoms with Crippen molar-refractivity contribution in [2.75, 3.05) is 7.05 Å². The van der Waals surface area contributed by atoms with Crippen LogP contribution in [0, 0.1) is 0 Å². The summed E-state index contributed by atoms with van der Waals surface area (Å²) < 4.78 is 0. The van der Waals surface area contributed by atoms with E-state index in [2.05, 4.69) is 11.1 Å². The van der Waals surface area contributed by atoms with Gasteiger partial charge in [0.05, 0.1) is 11.7 Å². The number of hydrogen-bond donors (Lipinski definition) is 0. The summed E-state index contributed by atoms with van der Waals surface area (Å²) in [6, 6.07) is 4.25. The van der Waals surface area contributed by atoms with E-state index in [1.54, 1.807) is 11.8 Å². The fourth-order valence-corrected chi connectivity index (χ4v) is 2.18. The van der Waals surface area contributed by atoms with Crippen LogP contribution in [0.5, 0.6) is 0 Å². The van der Waals surface area contributed by atoms with E-state index in [4.69, 9.17) is 0 Å². The highest BCUT2D eigenvalue weighted by Crippen LogP contribution is 2.31. The van der Waals surface area contributed by atoms with Gasteiger partial charge in [-0.25, -0.2) is 0 Å². The zero-order valence-corrected chi connectivity index (χ0v) is 9.23. The number of carbonyl (C=O) groups is 1. The Kier molecular flexibility index (Phi) is 2.71. The number of hydrogen-bond acceptors (Lipinski definition) is 2. The van der Waals surface area contributed by atoms with Gasteiger partial charge in [0.2, 0.25) is 5.91 Å². The summed E-state index contributed by atoms with van der Waals surface area (Å²) in [5.41, 5.74) is 2.38. The molecule has 3 nitrogen and oxygen atoms in total. The maximum Gasteiger partial charge on any atom is 0.219 e. The van der Waals surface area contributed by atoms with Gasteiger partial charge in [-0.3, -0.25) is 9.78 Å². The first-order chi connectivity index (χ1) is 7.20. The molecule has 3 heteroatoms. The van der Waals surface area contributed by atoms with Gasteiger partial charge in [-0.05, 0) is 30.9 Å². The second-order valence-corrected chi connectivity index (χ2v) is 4.09. The van der Waals surface area contributed by atoms with Gasteiger partial charge in [0, 0.05) is 20.2 Å². The van der Waals surface area contributed by atoms with Gasteiger partial charge in [0.1, 0.15) is 0 Å². The van der Waals surface area contributed by atoms with E-state index in [0.29, 0.717) is 0 Å². The largest absolute Gasteiger partial charge is 0.337 e. The molecule has 1 atom stereocenters. The first-order valence-corrected chi connectivity index (χ1v) is 5.37. The Balaban J connectivity index is 2.33. The van der Waals surface area contributed by atoms with Crippen molar-refractivity contribution in [2.24, 2.45) is 0 Å². The normalized spacial score (nSPS) is 19.5. The lowest BCUT2D eigenvalue weighted by atomic mass is 9.91. The molecule has 1 heterocycles. The number of carbonyl (C=O) groups excluding carboxylic acids is 1. The molecule has 0 radical (unpaired) electrons. The van der Waals surface area contributed by atoms with Crippen LogP contribution in [0.3, 0.4) is 0 Å². The molecule has 15 heavy (non-hydrogen) atoms. The topological polar surface area (TPSA) is 33.2 Å². The van der Waals surface area contributed by atoms with E-state index in [9.17, 15) is 4.79 Å². The van der Waals surface area contributed by atoms with E-state index in [1.165, 1.54) is 5.56 Å². The third kappa shape index (κ3) is 1.87. The number of nitrogens with zero attached hydrogens (tertiary/aromatic N) is 2. The molecule has 0 fully saturated rings. The van der Waals surface area contributed by atoms with Crippen molar-refractivity contribution in [2.45, 2.75) is 32.2 Å². The Morgan fingerprint density at radius 3 is 3.13 bits per heavy atom. The van der Waals surface area contributed by atoms with Gasteiger partial charge >= 0.3 is 0 Å². The van der Waals surface area contributed by atoms with Crippen molar-refractivity contribution >= 4 is 5.91 Å². The molecule has 0 aliphatic heterocycles. The number of amides is 1. The summed E-state index contributed by atoms with van der Waals surface area (Å²) in [4.78, 5) is 17.6. The molecule has 0 saturated heterocycles. The Hall–Kier alpha value is -1.38. The molecule has 1 amide bonds. The number of aromatic nitrogens is 1. The zero-order valence-electron chi connectivity index (χ0n) is 9.23. The molecule has 0 bridgehead atoms. The molecule has 1 aromatic rings. The lowest BCUT2D eigenvalue weighted by molar-refractivity contribution is -0.130. The summed E-state index contributed by atoms with van der Waals surface area (Å²) in [5, 5.41) is 0. The number of fused-ring (bicyclic) bond motifs is 1. The molecule has 1 aliphatic carbocycles. The highest BCUT2D eigenvalue weighted by atomic mass is 16.2. The average Bonchev–Trinajstić information content (AvgIpc) is 2.27. The van der Waals surface area contributed by atoms with E-state index in [0.717, 1.165) is 25.0 Å². The Morgan fingerprint density at radius 1 is 1.60 bits per heavy atom. The number of aryl methyl sites for hydroxylation is 1. The van der Waals surface area contributed by atoms with Crippen molar-refractivity contribution in [1.29, 1.82) is 0 Å². The Morgan fingerprint density at radius 2 is 2.40 bits per heavy atom. The molecule has 0 unspecified atom stereocenters. The quantitative estimate of drug-likeness (QED) is 0.700. The molecule has 0 saturated carbocycles. The van der Waals surface area contributed by atoms with Crippen molar-refractivity contribution < 1.29 is 4.79 Å². The first-order valence-electron chi connectivity index (χ1n) is 5.37. The zero-order chi connectivity index (χ0) is 10.8. The standard InChI is InChI=1S/C12H16N2O/c1-9(15)14(2)11-7-3-5-10-6-4-8-13-12(10)11/h4,6,8,11H,3,5,7H2,1-2H3/t11-/m1/s1. The first kappa shape index (κ1) is 10.1. The second-order valence-electron chi connectivity index (χ2n) is 4.09. The van der Waals surface area contributed by atoms with Crippen molar-refractivity contribution in [1.82, 2.24) is 9.88 Å². The lowest BCUT2D eigenvalue weighted by Crippen LogP contribution is -2.32. The number of pyridine rings is 1. The second kappa shape index (κ2) is 4.01. The Labute approximate surface area is 90.1 Å². The van der Waals surface area contributed by atoms with Gasteiger partial charge < -0.3 is 4.90 Å². The van der Waals surface area contributed by atoms with Crippen LogP contribution >= 0.6 is 0 Å². The maximum absolute atomic E-state index is 11.4. The minimum Gasteiger partial charge on any atom is -0.337 e. The van der Waals surface area contributed by atoms with Gasteiger partial charge in [-0.15, -0.1) is 0 Å². The van der Waals surface area contributed by atoms with Gasteiger partial charge in [-0.1, -0.05) is 6.07 Å². The van der Waals surface area contributed by atoms with Gasteiger partial charge in [0.25, 0.3) is 0 Å². The van der Waals surface area contributed by atoms with E-state index < -0.39 is 0 Å². The lowest BCUT2D eigenvalue weighted by Gasteiger charge is -2.31. The molecule has 80 valence electrons. The Bertz CT molecular complexity index is 376. The predicted octanol–water partition coefficient (Wildman–Crippen LogP) is 1.94. The monoisotopic (exact) mass is 204 g/mol. The van der Waals surface area contributed by atoms with Crippen LogP contribution in [-0.2, 0) is 11.2 Å². The smallest absolute Gasteiger partial charge is 0.219 e. The van der Waals surface area contributed by atoms with E-state index >= 15 is 0 Å². The van der Waals surface area contributed by atoms with Crippen LogP contribution in [-0.4, -0.2) is 22.8 Å². The molecular weight excluding hydrogens is 188 g/mol. The summed E-state index contributed by atoms with van der Waals surface area (Å²) in [6.07, 6.45) is 5.07. The van der Waals surface area contributed by atoms with Crippen LogP contribution in [0.1, 0.15) is 37.1 Å². The molecule has 0 aromatic carbocycles. The van der Waals surface area contributed by atoms with Crippen LogP contribution < -0.4 is 0 Å².